The number of aliphatic hydroxyl groups excluding tert-OH is 1. The maximum atomic E-state index is 10.8. The Kier molecular flexibility index (Phi) is 2.77. The average molecular weight is 189 g/mol. The molecule has 2 N–H and O–H groups in total. The van der Waals surface area contributed by atoms with E-state index in [0.717, 1.165) is 0 Å². The fourth-order valence-electron chi connectivity index (χ4n) is 1.35. The van der Waals surface area contributed by atoms with Crippen molar-refractivity contribution < 1.29 is 19.7 Å². The van der Waals surface area contributed by atoms with Crippen molar-refractivity contribution in [3.63, 3.8) is 0 Å². The molecule has 0 saturated carbocycles. The van der Waals surface area contributed by atoms with E-state index in [0.29, 0.717) is 6.61 Å². The van der Waals surface area contributed by atoms with E-state index in [1.165, 1.54) is 4.90 Å². The Morgan fingerprint density at radius 1 is 1.69 bits per heavy atom. The van der Waals surface area contributed by atoms with Crippen LogP contribution in [0.15, 0.2) is 0 Å². The first-order valence-corrected chi connectivity index (χ1v) is 4.20. The summed E-state index contributed by atoms with van der Waals surface area (Å²) >= 11 is 0. The SMILES string of the molecule is CC1(C)CO[C@H](CO)CN1C(=O)O. The number of ether oxygens (including phenoxy) is 1. The molecule has 13 heavy (non-hydrogen) atoms. The van der Waals surface area contributed by atoms with Crippen LogP contribution in [0.5, 0.6) is 0 Å². The third-order valence-electron chi connectivity index (χ3n) is 2.22. The Balaban J connectivity index is 2.69. The number of hydrogen-bond donors (Lipinski definition) is 2. The molecular weight excluding hydrogens is 174 g/mol. The van der Waals surface area contributed by atoms with Gasteiger partial charge in [-0.2, -0.15) is 0 Å². The van der Waals surface area contributed by atoms with Gasteiger partial charge in [-0.1, -0.05) is 0 Å². The minimum absolute atomic E-state index is 0.139. The lowest BCUT2D eigenvalue weighted by Crippen LogP contribution is -2.58. The maximum Gasteiger partial charge on any atom is 0.407 e. The smallest absolute Gasteiger partial charge is 0.407 e. The first-order valence-electron chi connectivity index (χ1n) is 4.20. The van der Waals surface area contributed by atoms with Crippen LogP contribution >= 0.6 is 0 Å². The van der Waals surface area contributed by atoms with E-state index in [1.54, 1.807) is 13.8 Å². The number of morpholine rings is 1. The summed E-state index contributed by atoms with van der Waals surface area (Å²) in [6.45, 7) is 4.02. The second kappa shape index (κ2) is 3.51. The van der Waals surface area contributed by atoms with E-state index >= 15 is 0 Å². The van der Waals surface area contributed by atoms with Gasteiger partial charge in [-0.3, -0.25) is 4.90 Å². The molecule has 5 heteroatoms. The van der Waals surface area contributed by atoms with E-state index in [9.17, 15) is 4.79 Å². The van der Waals surface area contributed by atoms with Crippen LogP contribution < -0.4 is 0 Å². The van der Waals surface area contributed by atoms with Gasteiger partial charge in [0.2, 0.25) is 0 Å². The van der Waals surface area contributed by atoms with Crippen molar-refractivity contribution in [2.45, 2.75) is 25.5 Å². The van der Waals surface area contributed by atoms with Gasteiger partial charge in [0, 0.05) is 0 Å². The summed E-state index contributed by atoms with van der Waals surface area (Å²) in [4.78, 5) is 12.1. The first-order chi connectivity index (χ1) is 5.97. The predicted molar refractivity (Wildman–Crippen MR) is 45.6 cm³/mol. The van der Waals surface area contributed by atoms with Crippen LogP contribution in [0.3, 0.4) is 0 Å². The normalized spacial score (nSPS) is 27.3. The number of aliphatic hydroxyl groups is 1. The molecular formula is C8H15NO4. The van der Waals surface area contributed by atoms with E-state index in [1.807, 2.05) is 0 Å². The molecule has 1 heterocycles. The van der Waals surface area contributed by atoms with Crippen molar-refractivity contribution in [2.75, 3.05) is 19.8 Å². The average Bonchev–Trinajstić information content (AvgIpc) is 2.03. The fraction of sp³-hybridized carbons (Fsp3) is 0.875. The highest BCUT2D eigenvalue weighted by Crippen LogP contribution is 2.21. The van der Waals surface area contributed by atoms with Gasteiger partial charge in [-0.05, 0) is 13.8 Å². The third-order valence-corrected chi connectivity index (χ3v) is 2.22. The zero-order valence-corrected chi connectivity index (χ0v) is 7.86. The number of rotatable bonds is 1. The standard InChI is InChI=1S/C8H15NO4/c1-8(2)5-13-6(4-10)3-9(8)7(11)12/h6,10H,3-5H2,1-2H3,(H,11,12)/t6-/m0/s1. The van der Waals surface area contributed by atoms with E-state index < -0.39 is 11.6 Å². The number of carbonyl (C=O) groups is 1. The van der Waals surface area contributed by atoms with Crippen molar-refractivity contribution in [1.82, 2.24) is 4.90 Å². The molecule has 1 aliphatic heterocycles. The van der Waals surface area contributed by atoms with Gasteiger partial charge < -0.3 is 14.9 Å². The monoisotopic (exact) mass is 189 g/mol. The molecule has 1 fully saturated rings. The minimum Gasteiger partial charge on any atom is -0.465 e. The lowest BCUT2D eigenvalue weighted by molar-refractivity contribution is -0.101. The van der Waals surface area contributed by atoms with Crippen molar-refractivity contribution in [3.8, 4) is 0 Å². The quantitative estimate of drug-likeness (QED) is 0.615. The van der Waals surface area contributed by atoms with Crippen molar-refractivity contribution >= 4 is 6.09 Å². The summed E-state index contributed by atoms with van der Waals surface area (Å²) in [5.41, 5.74) is -0.502. The number of amides is 1. The summed E-state index contributed by atoms with van der Waals surface area (Å²) in [6.07, 6.45) is -1.35. The molecule has 1 rings (SSSR count). The van der Waals surface area contributed by atoms with Gasteiger partial charge in [0.05, 0.1) is 31.4 Å². The molecule has 0 aromatic carbocycles. The summed E-state index contributed by atoms with van der Waals surface area (Å²) in [5.74, 6) is 0. The Morgan fingerprint density at radius 3 is 2.77 bits per heavy atom. The van der Waals surface area contributed by atoms with Crippen LogP contribution in [0.2, 0.25) is 0 Å². The summed E-state index contributed by atoms with van der Waals surface area (Å²) in [5, 5.41) is 17.7. The van der Waals surface area contributed by atoms with Crippen LogP contribution in [0, 0.1) is 0 Å². The molecule has 5 nitrogen and oxygen atoms in total. The lowest BCUT2D eigenvalue weighted by atomic mass is 10.0. The molecule has 0 bridgehead atoms. The van der Waals surface area contributed by atoms with Gasteiger partial charge in [0.15, 0.2) is 0 Å². The molecule has 76 valence electrons. The van der Waals surface area contributed by atoms with E-state index in [-0.39, 0.29) is 19.3 Å². The zero-order valence-electron chi connectivity index (χ0n) is 7.86. The maximum absolute atomic E-state index is 10.8. The third kappa shape index (κ3) is 2.10. The molecule has 1 atom stereocenters. The summed E-state index contributed by atoms with van der Waals surface area (Å²) < 4.78 is 5.27. The van der Waals surface area contributed by atoms with Gasteiger partial charge in [0.1, 0.15) is 0 Å². The summed E-state index contributed by atoms with van der Waals surface area (Å²) in [7, 11) is 0. The summed E-state index contributed by atoms with van der Waals surface area (Å²) in [6, 6.07) is 0. The Hall–Kier alpha value is -0.810. The highest BCUT2D eigenvalue weighted by molar-refractivity contribution is 5.66. The van der Waals surface area contributed by atoms with Crippen LogP contribution in [-0.4, -0.2) is 52.6 Å². The molecule has 0 aliphatic carbocycles. The molecule has 1 amide bonds. The van der Waals surface area contributed by atoms with Crippen molar-refractivity contribution in [1.29, 1.82) is 0 Å². The van der Waals surface area contributed by atoms with E-state index in [2.05, 4.69) is 0 Å². The second-order valence-electron chi connectivity index (χ2n) is 3.82. The second-order valence-corrected chi connectivity index (χ2v) is 3.82. The van der Waals surface area contributed by atoms with Crippen LogP contribution in [-0.2, 0) is 4.74 Å². The first kappa shape index (κ1) is 10.3. The highest BCUT2D eigenvalue weighted by Gasteiger charge is 2.37. The van der Waals surface area contributed by atoms with Crippen molar-refractivity contribution in [2.24, 2.45) is 0 Å². The molecule has 1 aliphatic rings. The predicted octanol–water partition coefficient (Wildman–Crippen LogP) is 0.136. The minimum atomic E-state index is -0.966. The lowest BCUT2D eigenvalue weighted by Gasteiger charge is -2.43. The number of carboxylic acid groups (broad SMARTS) is 1. The van der Waals surface area contributed by atoms with Gasteiger partial charge >= 0.3 is 6.09 Å². The molecule has 0 aromatic rings. The topological polar surface area (TPSA) is 70.0 Å². The Morgan fingerprint density at radius 2 is 2.31 bits per heavy atom. The van der Waals surface area contributed by atoms with E-state index in [4.69, 9.17) is 14.9 Å². The number of nitrogens with zero attached hydrogens (tertiary/aromatic N) is 1. The van der Waals surface area contributed by atoms with Crippen molar-refractivity contribution in [3.05, 3.63) is 0 Å². The molecule has 1 saturated heterocycles. The van der Waals surface area contributed by atoms with Gasteiger partial charge in [-0.25, -0.2) is 4.79 Å². The van der Waals surface area contributed by atoms with Gasteiger partial charge in [-0.15, -0.1) is 0 Å². The molecule has 0 radical (unpaired) electrons. The Labute approximate surface area is 76.9 Å². The molecule has 0 unspecified atom stereocenters. The molecule has 0 aromatic heterocycles. The molecule has 0 spiro atoms. The number of hydrogen-bond acceptors (Lipinski definition) is 3. The van der Waals surface area contributed by atoms with Crippen LogP contribution in [0.4, 0.5) is 4.79 Å². The van der Waals surface area contributed by atoms with Crippen LogP contribution in [0.1, 0.15) is 13.8 Å². The van der Waals surface area contributed by atoms with Gasteiger partial charge in [0.25, 0.3) is 0 Å². The van der Waals surface area contributed by atoms with Crippen LogP contribution in [0.25, 0.3) is 0 Å². The Bertz CT molecular complexity index is 204. The fourth-order valence-corrected chi connectivity index (χ4v) is 1.35. The largest absolute Gasteiger partial charge is 0.465 e. The zero-order chi connectivity index (χ0) is 10.1. The highest BCUT2D eigenvalue weighted by atomic mass is 16.5.